The maximum atomic E-state index is 12.1. The number of aryl methyl sites for hydroxylation is 4. The second-order valence-corrected chi connectivity index (χ2v) is 6.08. The Morgan fingerprint density at radius 3 is 2.35 bits per heavy atom. The number of hydrogen-bond acceptors (Lipinski definition) is 2. The molecular formula is C20H25NO2. The molecule has 2 aromatic carbocycles. The van der Waals surface area contributed by atoms with Gasteiger partial charge in [0.1, 0.15) is 5.75 Å². The highest BCUT2D eigenvalue weighted by atomic mass is 16.5. The molecule has 0 aromatic heterocycles. The van der Waals surface area contributed by atoms with E-state index >= 15 is 0 Å². The maximum absolute atomic E-state index is 12.1. The van der Waals surface area contributed by atoms with Gasteiger partial charge in [-0.1, -0.05) is 18.2 Å². The van der Waals surface area contributed by atoms with Gasteiger partial charge in [-0.15, -0.1) is 0 Å². The molecule has 0 saturated heterocycles. The van der Waals surface area contributed by atoms with Crippen LogP contribution < -0.4 is 10.1 Å². The Kier molecular flexibility index (Phi) is 5.80. The minimum atomic E-state index is 0.0697. The number of benzene rings is 2. The first kappa shape index (κ1) is 17.1. The summed E-state index contributed by atoms with van der Waals surface area (Å²) in [5.41, 5.74) is 5.57. The van der Waals surface area contributed by atoms with Crippen LogP contribution in [0, 0.1) is 20.8 Å². The molecule has 0 aliphatic carbocycles. The quantitative estimate of drug-likeness (QED) is 0.848. The van der Waals surface area contributed by atoms with E-state index in [1.54, 1.807) is 7.11 Å². The third kappa shape index (κ3) is 5.13. The van der Waals surface area contributed by atoms with Crippen molar-refractivity contribution in [3.05, 3.63) is 58.7 Å². The zero-order valence-corrected chi connectivity index (χ0v) is 14.4. The number of hydrogen-bond donors (Lipinski definition) is 1. The van der Waals surface area contributed by atoms with E-state index in [1.165, 1.54) is 5.56 Å². The maximum Gasteiger partial charge on any atom is 0.224 e. The Bertz CT molecular complexity index is 672. The van der Waals surface area contributed by atoms with Gasteiger partial charge in [0.15, 0.2) is 0 Å². The smallest absolute Gasteiger partial charge is 0.224 e. The predicted octanol–water partition coefficient (Wildman–Crippen LogP) is 4.58. The van der Waals surface area contributed by atoms with Crippen molar-refractivity contribution in [2.75, 3.05) is 12.4 Å². The largest absolute Gasteiger partial charge is 0.496 e. The fraction of sp³-hybridized carbons (Fsp3) is 0.350. The van der Waals surface area contributed by atoms with Crippen molar-refractivity contribution in [3.8, 4) is 5.75 Å². The Labute approximate surface area is 138 Å². The van der Waals surface area contributed by atoms with Crippen molar-refractivity contribution in [1.82, 2.24) is 0 Å². The first-order valence-electron chi connectivity index (χ1n) is 7.99. The van der Waals surface area contributed by atoms with Crippen molar-refractivity contribution in [2.45, 2.75) is 40.0 Å². The lowest BCUT2D eigenvalue weighted by Crippen LogP contribution is -2.11. The summed E-state index contributed by atoms with van der Waals surface area (Å²) in [6.07, 6.45) is 2.26. The van der Waals surface area contributed by atoms with Crippen molar-refractivity contribution >= 4 is 11.6 Å². The summed E-state index contributed by atoms with van der Waals surface area (Å²) in [6.45, 7) is 6.11. The van der Waals surface area contributed by atoms with Crippen LogP contribution in [0.4, 0.5) is 5.69 Å². The molecule has 0 aliphatic heterocycles. The normalized spacial score (nSPS) is 10.4. The van der Waals surface area contributed by atoms with Gasteiger partial charge in [-0.25, -0.2) is 0 Å². The summed E-state index contributed by atoms with van der Waals surface area (Å²) in [6, 6.07) is 12.3. The zero-order chi connectivity index (χ0) is 16.8. The molecule has 2 rings (SSSR count). The van der Waals surface area contributed by atoms with Crippen LogP contribution in [0.15, 0.2) is 36.4 Å². The lowest BCUT2D eigenvalue weighted by molar-refractivity contribution is -0.116. The third-order valence-electron chi connectivity index (χ3n) is 3.83. The Hall–Kier alpha value is -2.29. The van der Waals surface area contributed by atoms with E-state index in [0.717, 1.165) is 41.0 Å². The van der Waals surface area contributed by atoms with Gasteiger partial charge in [0.2, 0.25) is 5.91 Å². The fourth-order valence-corrected chi connectivity index (χ4v) is 2.82. The van der Waals surface area contributed by atoms with E-state index in [2.05, 4.69) is 23.5 Å². The Morgan fingerprint density at radius 1 is 1.04 bits per heavy atom. The van der Waals surface area contributed by atoms with Gasteiger partial charge in [0.05, 0.1) is 7.11 Å². The van der Waals surface area contributed by atoms with Crippen LogP contribution in [0.3, 0.4) is 0 Å². The highest BCUT2D eigenvalue weighted by molar-refractivity contribution is 5.90. The summed E-state index contributed by atoms with van der Waals surface area (Å²) in [4.78, 5) is 12.1. The number of anilines is 1. The molecule has 0 radical (unpaired) electrons. The number of methoxy groups -OCH3 is 1. The molecule has 3 heteroatoms. The number of ether oxygens (including phenoxy) is 1. The average Bonchev–Trinajstić information content (AvgIpc) is 2.46. The molecule has 122 valence electrons. The molecule has 23 heavy (non-hydrogen) atoms. The zero-order valence-electron chi connectivity index (χ0n) is 14.4. The molecule has 0 spiro atoms. The molecule has 0 unspecified atom stereocenters. The number of rotatable bonds is 6. The van der Waals surface area contributed by atoms with Gasteiger partial charge >= 0.3 is 0 Å². The Balaban J connectivity index is 1.84. The van der Waals surface area contributed by atoms with Gasteiger partial charge in [0.25, 0.3) is 0 Å². The molecule has 1 N–H and O–H groups in total. The Morgan fingerprint density at radius 2 is 1.74 bits per heavy atom. The summed E-state index contributed by atoms with van der Waals surface area (Å²) in [5.74, 6) is 0.974. The summed E-state index contributed by atoms with van der Waals surface area (Å²) in [5, 5.41) is 2.98. The molecule has 0 atom stereocenters. The van der Waals surface area contributed by atoms with Gasteiger partial charge in [-0.3, -0.25) is 4.79 Å². The minimum Gasteiger partial charge on any atom is -0.496 e. The van der Waals surface area contributed by atoms with E-state index in [0.29, 0.717) is 6.42 Å². The second-order valence-electron chi connectivity index (χ2n) is 6.08. The van der Waals surface area contributed by atoms with Gasteiger partial charge in [-0.2, -0.15) is 0 Å². The summed E-state index contributed by atoms with van der Waals surface area (Å²) >= 11 is 0. The third-order valence-corrected chi connectivity index (χ3v) is 3.83. The molecule has 2 aromatic rings. The van der Waals surface area contributed by atoms with E-state index in [9.17, 15) is 4.79 Å². The van der Waals surface area contributed by atoms with Gasteiger partial charge in [-0.05, 0) is 74.1 Å². The fourth-order valence-electron chi connectivity index (χ4n) is 2.82. The first-order chi connectivity index (χ1) is 11.0. The number of nitrogens with one attached hydrogen (secondary N) is 1. The standard InChI is InChI=1S/C20H25NO2/c1-14-10-15(2)12-18(11-14)21-20(22)7-5-6-17-8-9-19(23-4)16(3)13-17/h8-13H,5-7H2,1-4H3,(H,21,22). The highest BCUT2D eigenvalue weighted by Crippen LogP contribution is 2.20. The summed E-state index contributed by atoms with van der Waals surface area (Å²) in [7, 11) is 1.68. The lowest BCUT2D eigenvalue weighted by atomic mass is 10.0. The first-order valence-corrected chi connectivity index (χ1v) is 7.99. The van der Waals surface area contributed by atoms with Gasteiger partial charge in [0, 0.05) is 12.1 Å². The minimum absolute atomic E-state index is 0.0697. The van der Waals surface area contributed by atoms with E-state index in [1.807, 2.05) is 39.0 Å². The van der Waals surface area contributed by atoms with Crippen LogP contribution in [0.1, 0.15) is 35.1 Å². The molecular weight excluding hydrogens is 286 g/mol. The van der Waals surface area contributed by atoms with Crippen LogP contribution >= 0.6 is 0 Å². The van der Waals surface area contributed by atoms with Crippen molar-refractivity contribution in [3.63, 3.8) is 0 Å². The topological polar surface area (TPSA) is 38.3 Å². The van der Waals surface area contributed by atoms with Crippen molar-refractivity contribution in [2.24, 2.45) is 0 Å². The molecule has 1 amide bonds. The number of carbonyl (C=O) groups is 1. The molecule has 0 heterocycles. The molecule has 0 aliphatic rings. The van der Waals surface area contributed by atoms with Crippen LogP contribution in [-0.4, -0.2) is 13.0 Å². The van der Waals surface area contributed by atoms with Crippen LogP contribution in [-0.2, 0) is 11.2 Å². The monoisotopic (exact) mass is 311 g/mol. The summed E-state index contributed by atoms with van der Waals surface area (Å²) < 4.78 is 5.26. The SMILES string of the molecule is COc1ccc(CCCC(=O)Nc2cc(C)cc(C)c2)cc1C. The van der Waals surface area contributed by atoms with E-state index in [-0.39, 0.29) is 5.91 Å². The van der Waals surface area contributed by atoms with Crippen LogP contribution in [0.5, 0.6) is 5.75 Å². The number of carbonyl (C=O) groups excluding carboxylic acids is 1. The lowest BCUT2D eigenvalue weighted by Gasteiger charge is -2.09. The molecule has 0 saturated carbocycles. The average molecular weight is 311 g/mol. The van der Waals surface area contributed by atoms with E-state index < -0.39 is 0 Å². The van der Waals surface area contributed by atoms with Crippen LogP contribution in [0.2, 0.25) is 0 Å². The van der Waals surface area contributed by atoms with Crippen molar-refractivity contribution in [1.29, 1.82) is 0 Å². The second kappa shape index (κ2) is 7.82. The van der Waals surface area contributed by atoms with Gasteiger partial charge < -0.3 is 10.1 Å². The van der Waals surface area contributed by atoms with Crippen molar-refractivity contribution < 1.29 is 9.53 Å². The number of amides is 1. The van der Waals surface area contributed by atoms with Crippen LogP contribution in [0.25, 0.3) is 0 Å². The predicted molar refractivity (Wildman–Crippen MR) is 95.2 cm³/mol. The molecule has 0 fully saturated rings. The molecule has 3 nitrogen and oxygen atoms in total. The highest BCUT2D eigenvalue weighted by Gasteiger charge is 2.05. The molecule has 0 bridgehead atoms. The van der Waals surface area contributed by atoms with E-state index in [4.69, 9.17) is 4.74 Å².